The molecule has 0 bridgehead atoms. The molecule has 12 aromatic rings. The molecule has 0 aliphatic heterocycles. The molecule has 68 heavy (non-hydrogen) atoms. The fourth-order valence-electron chi connectivity index (χ4n) is 10.2. The number of rotatable bonds is 7. The number of aromatic nitrogens is 3. The van der Waals surface area contributed by atoms with Crippen molar-refractivity contribution in [3.05, 3.63) is 236 Å². The summed E-state index contributed by atoms with van der Waals surface area (Å²) in [5.74, 6) is 1.85. The summed E-state index contributed by atoms with van der Waals surface area (Å²) in [7, 11) is 0. The minimum absolute atomic E-state index is 0.601. The Morgan fingerprint density at radius 2 is 0.735 bits per heavy atom. The average Bonchev–Trinajstić information content (AvgIpc) is 3.75. The van der Waals surface area contributed by atoms with Crippen molar-refractivity contribution < 1.29 is 0 Å². The minimum atomic E-state index is 0.601. The number of nitrogens with zero attached hydrogens (tertiary/aromatic N) is 4. The Labute approximate surface area is 393 Å². The van der Waals surface area contributed by atoms with Crippen LogP contribution in [-0.2, 0) is 0 Å². The highest BCUT2D eigenvalue weighted by Crippen LogP contribution is 2.49. The summed E-state index contributed by atoms with van der Waals surface area (Å²) in [5, 5.41) is 17.6. The maximum atomic E-state index is 10.3. The molecular weight excluding hydrogens is 825 g/mol. The van der Waals surface area contributed by atoms with Gasteiger partial charge >= 0.3 is 0 Å². The van der Waals surface area contributed by atoms with Gasteiger partial charge in [0.05, 0.1) is 11.6 Å². The van der Waals surface area contributed by atoms with Gasteiger partial charge in [-0.15, -0.1) is 0 Å². The van der Waals surface area contributed by atoms with E-state index in [0.717, 1.165) is 61.0 Å². The van der Waals surface area contributed by atoms with E-state index in [1.165, 1.54) is 54.7 Å². The van der Waals surface area contributed by atoms with E-state index in [9.17, 15) is 5.26 Å². The predicted octanol–water partition coefficient (Wildman–Crippen LogP) is 16.5. The molecule has 314 valence electrons. The van der Waals surface area contributed by atoms with E-state index in [-0.39, 0.29) is 0 Å². The first-order valence-corrected chi connectivity index (χ1v) is 22.9. The van der Waals surface area contributed by atoms with Gasteiger partial charge in [-0.25, -0.2) is 15.0 Å². The summed E-state index contributed by atoms with van der Waals surface area (Å²) in [4.78, 5) is 15.5. The van der Waals surface area contributed by atoms with Crippen molar-refractivity contribution in [2.75, 3.05) is 0 Å². The lowest BCUT2D eigenvalue weighted by Gasteiger charge is -2.13. The van der Waals surface area contributed by atoms with Crippen molar-refractivity contribution in [2.24, 2.45) is 0 Å². The number of hydrogen-bond acceptors (Lipinski definition) is 4. The average molecular weight is 863 g/mol. The molecule has 0 amide bonds. The molecule has 0 fully saturated rings. The van der Waals surface area contributed by atoms with E-state index < -0.39 is 0 Å². The van der Waals surface area contributed by atoms with Gasteiger partial charge in [0, 0.05) is 16.7 Å². The van der Waals surface area contributed by atoms with Crippen LogP contribution in [0.4, 0.5) is 0 Å². The Kier molecular flexibility index (Phi) is 9.20. The summed E-state index contributed by atoms with van der Waals surface area (Å²) in [6.07, 6.45) is 0. The predicted molar refractivity (Wildman–Crippen MR) is 280 cm³/mol. The highest BCUT2D eigenvalue weighted by atomic mass is 15.0. The Morgan fingerprint density at radius 3 is 1.47 bits per heavy atom. The van der Waals surface area contributed by atoms with Crippen molar-refractivity contribution >= 4 is 32.3 Å². The van der Waals surface area contributed by atoms with Gasteiger partial charge in [-0.1, -0.05) is 188 Å². The fraction of sp³-hybridized carbons (Fsp3) is 0. The van der Waals surface area contributed by atoms with Gasteiger partial charge in [0.2, 0.25) is 0 Å². The van der Waals surface area contributed by atoms with Crippen LogP contribution in [0.2, 0.25) is 0 Å². The number of fused-ring (bicyclic) bond motifs is 6. The molecule has 1 aliphatic carbocycles. The van der Waals surface area contributed by atoms with Crippen LogP contribution in [0.15, 0.2) is 231 Å². The minimum Gasteiger partial charge on any atom is -0.208 e. The molecule has 0 N–H and O–H groups in total. The van der Waals surface area contributed by atoms with E-state index in [1.54, 1.807) is 0 Å². The second-order valence-electron chi connectivity index (χ2n) is 17.4. The van der Waals surface area contributed by atoms with Gasteiger partial charge in [-0.2, -0.15) is 5.26 Å². The molecular formula is C64H38N4. The third kappa shape index (κ3) is 6.65. The van der Waals surface area contributed by atoms with E-state index in [4.69, 9.17) is 15.0 Å². The molecule has 1 aliphatic rings. The first-order chi connectivity index (χ1) is 33.6. The van der Waals surface area contributed by atoms with E-state index in [1.807, 2.05) is 42.5 Å². The van der Waals surface area contributed by atoms with Crippen molar-refractivity contribution in [3.8, 4) is 107 Å². The summed E-state index contributed by atoms with van der Waals surface area (Å²) in [5.41, 5.74) is 16.8. The Balaban J connectivity index is 0.873. The maximum Gasteiger partial charge on any atom is 0.164 e. The second-order valence-corrected chi connectivity index (χ2v) is 17.4. The third-order valence-corrected chi connectivity index (χ3v) is 13.5. The summed E-state index contributed by atoms with van der Waals surface area (Å²) in [6, 6.07) is 83.4. The summed E-state index contributed by atoms with van der Waals surface area (Å²) < 4.78 is 0. The zero-order valence-electron chi connectivity index (χ0n) is 36.7. The molecule has 11 aromatic carbocycles. The number of benzene rings is 11. The molecule has 4 heteroatoms. The van der Waals surface area contributed by atoms with Gasteiger partial charge < -0.3 is 0 Å². The molecule has 0 atom stereocenters. The smallest absolute Gasteiger partial charge is 0.164 e. The highest BCUT2D eigenvalue weighted by molar-refractivity contribution is 6.18. The van der Waals surface area contributed by atoms with Gasteiger partial charge in [0.1, 0.15) is 0 Å². The zero-order chi connectivity index (χ0) is 45.1. The summed E-state index contributed by atoms with van der Waals surface area (Å²) >= 11 is 0. The topological polar surface area (TPSA) is 62.5 Å². The van der Waals surface area contributed by atoms with E-state index in [2.05, 4.69) is 194 Å². The maximum absolute atomic E-state index is 10.3. The molecule has 1 aromatic heterocycles. The number of nitriles is 1. The van der Waals surface area contributed by atoms with Crippen LogP contribution < -0.4 is 0 Å². The standard InChI is InChI=1S/C64H38N4/c65-39-40-33-49(38-50(34-40)46-19-9-20-47(36-46)52-25-11-26-53-51-22-5-4-13-41(51)29-30-56(52)53)45-18-8-16-43(35-45)44-17-10-21-48(37-44)63-66-62(42-14-2-1-3-15-42)67-64(68-63)60-32-31-59-55-24-7-6-23-54(55)57-27-12-28-58(60)61(57)59/h1-38H. The molecule has 0 spiro atoms. The van der Waals surface area contributed by atoms with Crippen LogP contribution >= 0.6 is 0 Å². The normalized spacial score (nSPS) is 11.5. The molecule has 0 saturated carbocycles. The van der Waals surface area contributed by atoms with Crippen LogP contribution in [0.3, 0.4) is 0 Å². The molecule has 0 radical (unpaired) electrons. The first-order valence-electron chi connectivity index (χ1n) is 22.9. The van der Waals surface area contributed by atoms with Gasteiger partial charge in [-0.05, 0) is 142 Å². The van der Waals surface area contributed by atoms with Crippen LogP contribution in [-0.4, -0.2) is 15.0 Å². The monoisotopic (exact) mass is 862 g/mol. The second kappa shape index (κ2) is 16.0. The summed E-state index contributed by atoms with van der Waals surface area (Å²) in [6.45, 7) is 0. The largest absolute Gasteiger partial charge is 0.208 e. The third-order valence-electron chi connectivity index (χ3n) is 13.5. The van der Waals surface area contributed by atoms with Crippen LogP contribution in [0.1, 0.15) is 5.56 Å². The van der Waals surface area contributed by atoms with Gasteiger partial charge in [0.15, 0.2) is 17.5 Å². The Morgan fingerprint density at radius 1 is 0.265 bits per heavy atom. The van der Waals surface area contributed by atoms with Crippen molar-refractivity contribution in [1.82, 2.24) is 15.0 Å². The molecule has 0 saturated heterocycles. The zero-order valence-corrected chi connectivity index (χ0v) is 36.7. The lowest BCUT2D eigenvalue weighted by molar-refractivity contribution is 1.08. The number of hydrogen-bond donors (Lipinski definition) is 0. The van der Waals surface area contributed by atoms with Gasteiger partial charge in [0.25, 0.3) is 0 Å². The van der Waals surface area contributed by atoms with Crippen LogP contribution in [0.5, 0.6) is 0 Å². The van der Waals surface area contributed by atoms with E-state index in [0.29, 0.717) is 23.0 Å². The van der Waals surface area contributed by atoms with Crippen molar-refractivity contribution in [3.63, 3.8) is 0 Å². The first kappa shape index (κ1) is 39.1. The molecule has 0 unspecified atom stereocenters. The lowest BCUT2D eigenvalue weighted by Crippen LogP contribution is -2.00. The quantitative estimate of drug-likeness (QED) is 0.150. The Hall–Kier alpha value is -9.30. The molecule has 4 nitrogen and oxygen atoms in total. The molecule has 1 heterocycles. The van der Waals surface area contributed by atoms with Crippen LogP contribution in [0, 0.1) is 11.3 Å². The molecule has 13 rings (SSSR count). The SMILES string of the molecule is N#Cc1cc(-c2cccc(-c3cccc(-c4nc(-c5ccccc5)nc(-c5ccc6c7c(cccc57)-c5ccccc5-6)n4)c3)c2)cc(-c2cccc(-c3cccc4c3ccc3ccccc34)c2)c1. The fourth-order valence-corrected chi connectivity index (χ4v) is 10.2. The lowest BCUT2D eigenvalue weighted by atomic mass is 9.91. The highest BCUT2D eigenvalue weighted by Gasteiger charge is 2.24. The van der Waals surface area contributed by atoms with Gasteiger partial charge in [-0.3, -0.25) is 0 Å². The van der Waals surface area contributed by atoms with Crippen molar-refractivity contribution in [1.29, 1.82) is 5.26 Å². The van der Waals surface area contributed by atoms with E-state index >= 15 is 0 Å². The Bertz CT molecular complexity index is 4020. The van der Waals surface area contributed by atoms with Crippen molar-refractivity contribution in [2.45, 2.75) is 0 Å². The van der Waals surface area contributed by atoms with Crippen LogP contribution in [0.25, 0.3) is 133 Å².